The number of aromatic nitrogens is 2. The molecular weight excluding hydrogens is 246 g/mol. The largest absolute Gasteiger partial charge is 0.310 e. The molecular formula is C9H17N3O2S2. The minimum Gasteiger partial charge on any atom is -0.310 e. The van der Waals surface area contributed by atoms with Gasteiger partial charge in [0.05, 0.1) is 0 Å². The van der Waals surface area contributed by atoms with Crippen LogP contribution in [0.5, 0.6) is 0 Å². The van der Waals surface area contributed by atoms with Gasteiger partial charge in [-0.3, -0.25) is 0 Å². The summed E-state index contributed by atoms with van der Waals surface area (Å²) in [5.41, 5.74) is 0. The van der Waals surface area contributed by atoms with Crippen molar-refractivity contribution in [1.29, 1.82) is 0 Å². The topological polar surface area (TPSA) is 72.0 Å². The molecule has 1 aromatic heterocycles. The number of rotatable bonds is 6. The summed E-state index contributed by atoms with van der Waals surface area (Å²) in [6.45, 7) is 5.82. The van der Waals surface area contributed by atoms with Gasteiger partial charge in [0.2, 0.25) is 0 Å². The molecule has 1 heterocycles. The van der Waals surface area contributed by atoms with Crippen LogP contribution in [-0.4, -0.2) is 31.4 Å². The molecule has 0 unspecified atom stereocenters. The summed E-state index contributed by atoms with van der Waals surface area (Å²) < 4.78 is 22.1. The second-order valence-corrected chi connectivity index (χ2v) is 7.47. The van der Waals surface area contributed by atoms with E-state index in [9.17, 15) is 8.42 Å². The summed E-state index contributed by atoms with van der Waals surface area (Å²) in [6.07, 6.45) is 1.20. The van der Waals surface area contributed by atoms with Crippen molar-refractivity contribution >= 4 is 21.2 Å². The molecule has 1 N–H and O–H groups in total. The highest BCUT2D eigenvalue weighted by molar-refractivity contribution is 7.90. The Hall–Kier alpha value is -0.530. The molecule has 0 bridgehead atoms. The maximum absolute atomic E-state index is 11.0. The van der Waals surface area contributed by atoms with Gasteiger partial charge in [-0.05, 0) is 12.5 Å². The summed E-state index contributed by atoms with van der Waals surface area (Å²) >= 11 is 1.35. The first-order valence-corrected chi connectivity index (χ1v) is 7.94. The van der Waals surface area contributed by atoms with Crippen molar-refractivity contribution in [1.82, 2.24) is 15.5 Å². The highest BCUT2D eigenvalue weighted by atomic mass is 32.2. The van der Waals surface area contributed by atoms with Crippen LogP contribution in [-0.2, 0) is 22.1 Å². The van der Waals surface area contributed by atoms with E-state index in [1.807, 2.05) is 0 Å². The van der Waals surface area contributed by atoms with Gasteiger partial charge in [-0.1, -0.05) is 25.2 Å². The van der Waals surface area contributed by atoms with Crippen LogP contribution < -0.4 is 5.32 Å². The lowest BCUT2D eigenvalue weighted by Gasteiger charge is -2.03. The molecule has 16 heavy (non-hydrogen) atoms. The molecule has 92 valence electrons. The summed E-state index contributed by atoms with van der Waals surface area (Å²) in [5.74, 6) is 0.567. The lowest BCUT2D eigenvalue weighted by atomic mass is 10.2. The Morgan fingerprint density at radius 1 is 1.31 bits per heavy atom. The molecule has 0 aromatic carbocycles. The first-order chi connectivity index (χ1) is 7.37. The first-order valence-electron chi connectivity index (χ1n) is 5.06. The van der Waals surface area contributed by atoms with Gasteiger partial charge in [0.1, 0.15) is 15.8 Å². The monoisotopic (exact) mass is 263 g/mol. The minimum atomic E-state index is -3.01. The number of nitrogens with one attached hydrogen (secondary N) is 1. The van der Waals surface area contributed by atoms with Crippen LogP contribution in [0.4, 0.5) is 0 Å². The van der Waals surface area contributed by atoms with E-state index in [-0.39, 0.29) is 5.75 Å². The number of nitrogens with zero attached hydrogens (tertiary/aromatic N) is 2. The molecule has 0 atom stereocenters. The molecule has 0 aliphatic heterocycles. The van der Waals surface area contributed by atoms with E-state index >= 15 is 0 Å². The third kappa shape index (κ3) is 5.53. The fourth-order valence-corrected chi connectivity index (χ4v) is 3.10. The zero-order valence-corrected chi connectivity index (χ0v) is 11.4. The number of sulfone groups is 1. The van der Waals surface area contributed by atoms with Crippen LogP contribution in [0.2, 0.25) is 0 Å². The molecule has 0 aliphatic rings. The van der Waals surface area contributed by atoms with Crippen molar-refractivity contribution in [2.45, 2.75) is 26.1 Å². The first kappa shape index (κ1) is 13.5. The number of hydrogen-bond acceptors (Lipinski definition) is 6. The Morgan fingerprint density at radius 2 is 1.94 bits per heavy atom. The zero-order chi connectivity index (χ0) is 12.2. The Kier molecular flexibility index (Phi) is 4.82. The molecule has 0 fully saturated rings. The van der Waals surface area contributed by atoms with Gasteiger partial charge >= 0.3 is 0 Å². The van der Waals surface area contributed by atoms with Crippen LogP contribution in [0.1, 0.15) is 23.9 Å². The molecule has 0 radical (unpaired) electrons. The van der Waals surface area contributed by atoms with Crippen LogP contribution >= 0.6 is 11.3 Å². The molecule has 0 aliphatic carbocycles. The molecule has 7 heteroatoms. The second-order valence-electron chi connectivity index (χ2n) is 4.18. The smallest absolute Gasteiger partial charge is 0.154 e. The maximum atomic E-state index is 11.0. The van der Waals surface area contributed by atoms with Crippen molar-refractivity contribution in [2.75, 3.05) is 12.8 Å². The van der Waals surface area contributed by atoms with Crippen LogP contribution in [0, 0.1) is 5.92 Å². The average Bonchev–Trinajstić information content (AvgIpc) is 2.48. The summed E-state index contributed by atoms with van der Waals surface area (Å²) in [6, 6.07) is 0. The fraction of sp³-hybridized carbons (Fsp3) is 0.778. The molecule has 1 rings (SSSR count). The quantitative estimate of drug-likeness (QED) is 0.823. The standard InChI is InChI=1S/C9H17N3O2S2/c1-7(2)4-10-5-8-11-12-9(15-8)6-16(3,13)14/h7,10H,4-6H2,1-3H3. The summed E-state index contributed by atoms with van der Waals surface area (Å²) in [7, 11) is -3.01. The van der Waals surface area contributed by atoms with Gasteiger partial charge in [0, 0.05) is 12.8 Å². The highest BCUT2D eigenvalue weighted by Crippen LogP contribution is 2.12. The minimum absolute atomic E-state index is 0.0190. The van der Waals surface area contributed by atoms with Crippen LogP contribution in [0.3, 0.4) is 0 Å². The van der Waals surface area contributed by atoms with Gasteiger partial charge in [-0.2, -0.15) is 0 Å². The Balaban J connectivity index is 2.46. The van der Waals surface area contributed by atoms with E-state index in [0.717, 1.165) is 11.6 Å². The third-order valence-electron chi connectivity index (χ3n) is 1.72. The molecule has 0 amide bonds. The molecule has 0 spiro atoms. The Bertz CT molecular complexity index is 426. The summed E-state index contributed by atoms with van der Waals surface area (Å²) in [5, 5.41) is 12.4. The second kappa shape index (κ2) is 5.70. The Morgan fingerprint density at radius 3 is 2.50 bits per heavy atom. The van der Waals surface area contributed by atoms with E-state index in [4.69, 9.17) is 0 Å². The van der Waals surface area contributed by atoms with Crippen LogP contribution in [0.15, 0.2) is 0 Å². The predicted molar refractivity (Wildman–Crippen MR) is 65.0 cm³/mol. The SMILES string of the molecule is CC(C)CNCc1nnc(CS(C)(=O)=O)s1. The van der Waals surface area contributed by atoms with Crippen molar-refractivity contribution in [2.24, 2.45) is 5.92 Å². The van der Waals surface area contributed by atoms with E-state index in [1.54, 1.807) is 0 Å². The lowest BCUT2D eigenvalue weighted by molar-refractivity contribution is 0.550. The molecule has 0 saturated carbocycles. The van der Waals surface area contributed by atoms with Crippen molar-refractivity contribution in [3.63, 3.8) is 0 Å². The zero-order valence-electron chi connectivity index (χ0n) is 9.73. The van der Waals surface area contributed by atoms with Gasteiger partial charge in [0.25, 0.3) is 0 Å². The van der Waals surface area contributed by atoms with E-state index in [0.29, 0.717) is 17.5 Å². The summed E-state index contributed by atoms with van der Waals surface area (Å²) in [4.78, 5) is 0. The van der Waals surface area contributed by atoms with E-state index < -0.39 is 9.84 Å². The average molecular weight is 263 g/mol. The molecule has 5 nitrogen and oxygen atoms in total. The van der Waals surface area contributed by atoms with Gasteiger partial charge < -0.3 is 5.32 Å². The van der Waals surface area contributed by atoms with Crippen LogP contribution in [0.25, 0.3) is 0 Å². The normalized spacial score (nSPS) is 12.2. The van der Waals surface area contributed by atoms with E-state index in [1.165, 1.54) is 17.6 Å². The fourth-order valence-electron chi connectivity index (χ4n) is 1.11. The van der Waals surface area contributed by atoms with Gasteiger partial charge in [-0.25, -0.2) is 8.42 Å². The van der Waals surface area contributed by atoms with Crippen molar-refractivity contribution in [3.8, 4) is 0 Å². The highest BCUT2D eigenvalue weighted by Gasteiger charge is 2.10. The third-order valence-corrected chi connectivity index (χ3v) is 3.63. The van der Waals surface area contributed by atoms with Crippen molar-refractivity contribution in [3.05, 3.63) is 10.0 Å². The van der Waals surface area contributed by atoms with Gasteiger partial charge in [0.15, 0.2) is 9.84 Å². The maximum Gasteiger partial charge on any atom is 0.154 e. The Labute approximate surface area is 100 Å². The van der Waals surface area contributed by atoms with Crippen molar-refractivity contribution < 1.29 is 8.42 Å². The predicted octanol–water partition coefficient (Wildman–Crippen LogP) is 0.828. The number of hydrogen-bond donors (Lipinski definition) is 1. The van der Waals surface area contributed by atoms with Gasteiger partial charge in [-0.15, -0.1) is 10.2 Å². The lowest BCUT2D eigenvalue weighted by Crippen LogP contribution is -2.18. The molecule has 0 saturated heterocycles. The molecule has 1 aromatic rings. The van der Waals surface area contributed by atoms with E-state index in [2.05, 4.69) is 29.4 Å².